The minimum Gasteiger partial charge on any atom is -0.394 e. The van der Waals surface area contributed by atoms with Gasteiger partial charge in [0.15, 0.2) is 0 Å². The average Bonchev–Trinajstić information content (AvgIpc) is 2.45. The van der Waals surface area contributed by atoms with Crippen molar-refractivity contribution in [2.24, 2.45) is 0 Å². The summed E-state index contributed by atoms with van der Waals surface area (Å²) in [5.41, 5.74) is 0.00128. The molecule has 0 bridgehead atoms. The quantitative estimate of drug-likeness (QED) is 0.814. The van der Waals surface area contributed by atoms with E-state index in [-0.39, 0.29) is 5.54 Å². The van der Waals surface area contributed by atoms with Crippen LogP contribution in [-0.2, 0) is 0 Å². The molecule has 0 radical (unpaired) electrons. The monoisotopic (exact) mass is 282 g/mol. The van der Waals surface area contributed by atoms with Crippen molar-refractivity contribution in [3.8, 4) is 0 Å². The van der Waals surface area contributed by atoms with Crippen molar-refractivity contribution < 1.29 is 5.11 Å². The van der Waals surface area contributed by atoms with E-state index in [1.54, 1.807) is 0 Å². The summed E-state index contributed by atoms with van der Waals surface area (Å²) in [4.78, 5) is 2.73. The number of rotatable bonds is 5. The Morgan fingerprint density at radius 2 is 1.80 bits per heavy atom. The first-order valence-corrected chi connectivity index (χ1v) is 8.89. The molecule has 2 aliphatic rings. The van der Waals surface area contributed by atoms with Crippen LogP contribution >= 0.6 is 0 Å². The van der Waals surface area contributed by atoms with E-state index < -0.39 is 0 Å². The number of hydrogen-bond donors (Lipinski definition) is 2. The van der Waals surface area contributed by atoms with Crippen molar-refractivity contribution in [3.63, 3.8) is 0 Å². The van der Waals surface area contributed by atoms with E-state index in [0.29, 0.717) is 12.6 Å². The lowest BCUT2D eigenvalue weighted by molar-refractivity contribution is 0.0556. The highest BCUT2D eigenvalue weighted by Crippen LogP contribution is 2.32. The summed E-state index contributed by atoms with van der Waals surface area (Å²) in [5, 5.41) is 13.6. The zero-order chi connectivity index (χ0) is 14.3. The number of aliphatic hydroxyl groups is 1. The zero-order valence-corrected chi connectivity index (χ0v) is 13.4. The van der Waals surface area contributed by atoms with Crippen molar-refractivity contribution in [3.05, 3.63) is 0 Å². The van der Waals surface area contributed by atoms with Gasteiger partial charge in [0.1, 0.15) is 0 Å². The minimum atomic E-state index is 0.00128. The van der Waals surface area contributed by atoms with Gasteiger partial charge in [-0.2, -0.15) is 0 Å². The second-order valence-electron chi connectivity index (χ2n) is 6.92. The number of hydrogen-bond acceptors (Lipinski definition) is 3. The van der Waals surface area contributed by atoms with Crippen LogP contribution in [0.4, 0.5) is 0 Å². The van der Waals surface area contributed by atoms with Crippen LogP contribution in [0, 0.1) is 0 Å². The van der Waals surface area contributed by atoms with Crippen molar-refractivity contribution >= 4 is 0 Å². The van der Waals surface area contributed by atoms with Crippen LogP contribution in [0.1, 0.15) is 71.1 Å². The molecule has 1 saturated carbocycles. The van der Waals surface area contributed by atoms with Crippen LogP contribution < -0.4 is 5.32 Å². The molecule has 2 rings (SSSR count). The molecule has 118 valence electrons. The molecule has 1 aliphatic heterocycles. The molecular formula is C17H34N2O. The van der Waals surface area contributed by atoms with Gasteiger partial charge < -0.3 is 15.3 Å². The molecule has 2 fully saturated rings. The average molecular weight is 282 g/mol. The topological polar surface area (TPSA) is 35.5 Å². The standard InChI is InChI=1S/C17H34N2O/c1-2-11-18-17(15-20)10-8-9-16(14-17)19-12-6-4-3-5-7-13-19/h16,18,20H,2-15H2,1H3. The van der Waals surface area contributed by atoms with Crippen LogP contribution in [-0.4, -0.2) is 47.8 Å². The molecular weight excluding hydrogens is 248 g/mol. The Morgan fingerprint density at radius 1 is 1.10 bits per heavy atom. The molecule has 1 heterocycles. The first-order valence-electron chi connectivity index (χ1n) is 8.89. The van der Waals surface area contributed by atoms with Crippen molar-refractivity contribution in [2.75, 3.05) is 26.2 Å². The van der Waals surface area contributed by atoms with E-state index in [4.69, 9.17) is 0 Å². The predicted molar refractivity (Wildman–Crippen MR) is 85.0 cm³/mol. The minimum absolute atomic E-state index is 0.00128. The van der Waals surface area contributed by atoms with Crippen LogP contribution in [0.3, 0.4) is 0 Å². The Hall–Kier alpha value is -0.120. The van der Waals surface area contributed by atoms with E-state index in [1.807, 2.05) is 0 Å². The van der Waals surface area contributed by atoms with Crippen molar-refractivity contribution in [1.82, 2.24) is 10.2 Å². The van der Waals surface area contributed by atoms with Crippen LogP contribution in [0.25, 0.3) is 0 Å². The SMILES string of the molecule is CCCNC1(CO)CCCC(N2CCCCCCC2)C1. The van der Waals surface area contributed by atoms with Crippen LogP contribution in [0.15, 0.2) is 0 Å². The Kier molecular flexibility index (Phi) is 6.79. The zero-order valence-electron chi connectivity index (χ0n) is 13.4. The number of aliphatic hydroxyl groups excluding tert-OH is 1. The molecule has 0 aromatic heterocycles. The largest absolute Gasteiger partial charge is 0.394 e. The third-order valence-electron chi connectivity index (χ3n) is 5.28. The van der Waals surface area contributed by atoms with E-state index in [1.165, 1.54) is 58.0 Å². The predicted octanol–water partition coefficient (Wildman–Crippen LogP) is 2.93. The van der Waals surface area contributed by atoms with Crippen molar-refractivity contribution in [1.29, 1.82) is 0 Å². The maximum atomic E-state index is 9.90. The van der Waals surface area contributed by atoms with E-state index in [2.05, 4.69) is 17.1 Å². The summed E-state index contributed by atoms with van der Waals surface area (Å²) < 4.78 is 0. The van der Waals surface area contributed by atoms with Gasteiger partial charge in [-0.3, -0.25) is 0 Å². The maximum Gasteiger partial charge on any atom is 0.0613 e. The van der Waals surface area contributed by atoms with Gasteiger partial charge >= 0.3 is 0 Å². The molecule has 0 amide bonds. The fraction of sp³-hybridized carbons (Fsp3) is 1.00. The third kappa shape index (κ3) is 4.44. The van der Waals surface area contributed by atoms with Gasteiger partial charge in [-0.25, -0.2) is 0 Å². The second-order valence-corrected chi connectivity index (χ2v) is 6.92. The van der Waals surface area contributed by atoms with Gasteiger partial charge in [0.05, 0.1) is 6.61 Å². The van der Waals surface area contributed by atoms with Crippen molar-refractivity contribution in [2.45, 2.75) is 82.7 Å². The summed E-state index contributed by atoms with van der Waals surface area (Å²) in [5.74, 6) is 0. The van der Waals surface area contributed by atoms with Crippen LogP contribution in [0.5, 0.6) is 0 Å². The molecule has 0 aromatic rings. The van der Waals surface area contributed by atoms with Crippen LogP contribution in [0.2, 0.25) is 0 Å². The number of nitrogens with one attached hydrogen (secondary N) is 1. The molecule has 20 heavy (non-hydrogen) atoms. The number of nitrogens with zero attached hydrogens (tertiary/aromatic N) is 1. The molecule has 2 unspecified atom stereocenters. The molecule has 0 spiro atoms. The van der Waals surface area contributed by atoms with Gasteiger partial charge in [-0.1, -0.05) is 26.2 Å². The highest BCUT2D eigenvalue weighted by atomic mass is 16.3. The van der Waals surface area contributed by atoms with Gasteiger partial charge in [-0.05, 0) is 64.6 Å². The molecule has 3 nitrogen and oxygen atoms in total. The highest BCUT2D eigenvalue weighted by Gasteiger charge is 2.37. The summed E-state index contributed by atoms with van der Waals surface area (Å²) in [7, 11) is 0. The fourth-order valence-electron chi connectivity index (χ4n) is 4.03. The lowest BCUT2D eigenvalue weighted by Crippen LogP contribution is -2.56. The second kappa shape index (κ2) is 8.35. The van der Waals surface area contributed by atoms with Gasteiger partial charge in [0, 0.05) is 11.6 Å². The Balaban J connectivity index is 1.93. The smallest absolute Gasteiger partial charge is 0.0613 e. The molecule has 3 heteroatoms. The Labute approximate surface area is 125 Å². The number of likely N-dealkylation sites (tertiary alicyclic amines) is 1. The van der Waals surface area contributed by atoms with E-state index in [0.717, 1.165) is 25.8 Å². The summed E-state index contributed by atoms with van der Waals surface area (Å²) >= 11 is 0. The maximum absolute atomic E-state index is 9.90. The fourth-order valence-corrected chi connectivity index (χ4v) is 4.03. The first-order chi connectivity index (χ1) is 9.79. The van der Waals surface area contributed by atoms with E-state index >= 15 is 0 Å². The molecule has 1 aliphatic carbocycles. The normalized spacial score (nSPS) is 33.6. The Morgan fingerprint density at radius 3 is 2.45 bits per heavy atom. The molecule has 2 atom stereocenters. The van der Waals surface area contributed by atoms with Gasteiger partial charge in [-0.15, -0.1) is 0 Å². The molecule has 0 aromatic carbocycles. The van der Waals surface area contributed by atoms with Gasteiger partial charge in [0.2, 0.25) is 0 Å². The van der Waals surface area contributed by atoms with Gasteiger partial charge in [0.25, 0.3) is 0 Å². The van der Waals surface area contributed by atoms with E-state index in [9.17, 15) is 5.11 Å². The summed E-state index contributed by atoms with van der Waals surface area (Å²) in [6.07, 6.45) is 13.0. The lowest BCUT2D eigenvalue weighted by Gasteiger charge is -2.45. The third-order valence-corrected chi connectivity index (χ3v) is 5.28. The molecule has 1 saturated heterocycles. The Bertz CT molecular complexity index is 264. The summed E-state index contributed by atoms with van der Waals surface area (Å²) in [6, 6.07) is 0.693. The first kappa shape index (κ1) is 16.3. The molecule has 2 N–H and O–H groups in total. The summed E-state index contributed by atoms with van der Waals surface area (Å²) in [6.45, 7) is 6.10. The lowest BCUT2D eigenvalue weighted by atomic mass is 9.78. The highest BCUT2D eigenvalue weighted by molar-refractivity contribution is 4.96.